The van der Waals surface area contributed by atoms with Gasteiger partial charge in [0.05, 0.1) is 12.7 Å². The molecule has 1 aromatic carbocycles. The summed E-state index contributed by atoms with van der Waals surface area (Å²) in [6.07, 6.45) is 10.0. The van der Waals surface area contributed by atoms with Gasteiger partial charge in [0.1, 0.15) is 17.5 Å². The van der Waals surface area contributed by atoms with E-state index in [9.17, 15) is 14.0 Å². The van der Waals surface area contributed by atoms with Crippen molar-refractivity contribution in [2.24, 2.45) is 11.8 Å². The number of fused-ring (bicyclic) bond motifs is 4. The number of hydrogen-bond donors (Lipinski definition) is 1. The second kappa shape index (κ2) is 11.0. The molecule has 2 bridgehead atoms. The fourth-order valence-electron chi connectivity index (χ4n) is 7.54. The van der Waals surface area contributed by atoms with Crippen molar-refractivity contribution >= 4 is 0 Å². The Morgan fingerprint density at radius 2 is 1.71 bits per heavy atom. The maximum Gasteiger partial charge on any atom is 0.345 e. The molecule has 0 spiro atoms. The zero-order valence-corrected chi connectivity index (χ0v) is 23.8. The Kier molecular flexibility index (Phi) is 7.18. The summed E-state index contributed by atoms with van der Waals surface area (Å²) in [4.78, 5) is 26.0. The highest BCUT2D eigenvalue weighted by Gasteiger charge is 2.46. The summed E-state index contributed by atoms with van der Waals surface area (Å²) in [6, 6.07) is 6.40. The molecule has 10 nitrogen and oxygen atoms in total. The molecular formula is C30H40FN7O3. The fraction of sp³-hybridized carbons (Fsp3) is 0.667. The number of aryl methyl sites for hydroxylation is 3. The van der Waals surface area contributed by atoms with Crippen molar-refractivity contribution in [3.05, 3.63) is 67.8 Å². The van der Waals surface area contributed by atoms with Crippen molar-refractivity contribution in [3.63, 3.8) is 0 Å². The summed E-state index contributed by atoms with van der Waals surface area (Å²) in [7, 11) is 0. The Labute approximate surface area is 238 Å². The number of piperidine rings is 1. The van der Waals surface area contributed by atoms with E-state index in [1.807, 2.05) is 17.6 Å². The van der Waals surface area contributed by atoms with Crippen LogP contribution in [0.25, 0.3) is 0 Å². The average Bonchev–Trinajstić information content (AvgIpc) is 3.42. The van der Waals surface area contributed by atoms with E-state index in [0.717, 1.165) is 81.9 Å². The Morgan fingerprint density at radius 1 is 0.976 bits per heavy atom. The predicted octanol–water partition coefficient (Wildman–Crippen LogP) is 2.80. The van der Waals surface area contributed by atoms with Crippen molar-refractivity contribution in [3.8, 4) is 0 Å². The molecule has 8 rings (SSSR count). The van der Waals surface area contributed by atoms with Crippen LogP contribution in [0, 0.1) is 24.6 Å². The van der Waals surface area contributed by atoms with Crippen molar-refractivity contribution in [1.29, 1.82) is 0 Å². The van der Waals surface area contributed by atoms with Crippen molar-refractivity contribution in [2.75, 3.05) is 6.54 Å². The first-order valence-corrected chi connectivity index (χ1v) is 15.4. The lowest BCUT2D eigenvalue weighted by atomic mass is 9.99. The van der Waals surface area contributed by atoms with Gasteiger partial charge in [0, 0.05) is 56.7 Å². The monoisotopic (exact) mass is 565 g/mol. The molecule has 3 aromatic rings. The number of ether oxygens (including phenoxy) is 1. The molecule has 2 saturated heterocycles. The van der Waals surface area contributed by atoms with Gasteiger partial charge in [-0.3, -0.25) is 14.0 Å². The van der Waals surface area contributed by atoms with Crippen LogP contribution >= 0.6 is 0 Å². The Bertz CT molecular complexity index is 1490. The van der Waals surface area contributed by atoms with E-state index in [4.69, 9.17) is 4.74 Å². The minimum absolute atomic E-state index is 0.0671. The summed E-state index contributed by atoms with van der Waals surface area (Å²) in [5, 5.41) is 10.8. The molecule has 2 unspecified atom stereocenters. The molecule has 4 aliphatic heterocycles. The molecule has 3 fully saturated rings. The molecule has 0 amide bonds. The van der Waals surface area contributed by atoms with E-state index >= 15 is 0 Å². The number of hydrogen-bond acceptors (Lipinski definition) is 6. The molecular weight excluding hydrogens is 525 g/mol. The van der Waals surface area contributed by atoms with Gasteiger partial charge >= 0.3 is 11.4 Å². The van der Waals surface area contributed by atoms with Crippen LogP contribution in [0.3, 0.4) is 0 Å². The maximum atomic E-state index is 14.1. The summed E-state index contributed by atoms with van der Waals surface area (Å²) in [5.41, 5.74) is 1.68. The van der Waals surface area contributed by atoms with Gasteiger partial charge in [-0.1, -0.05) is 12.1 Å². The lowest BCUT2D eigenvalue weighted by Crippen LogP contribution is -2.46. The van der Waals surface area contributed by atoms with E-state index in [2.05, 4.69) is 20.2 Å². The minimum atomic E-state index is -0.160. The molecule has 0 radical (unpaired) electrons. The third kappa shape index (κ3) is 5.34. The molecule has 1 N–H and O–H groups in total. The Morgan fingerprint density at radius 3 is 2.44 bits per heavy atom. The van der Waals surface area contributed by atoms with E-state index in [1.165, 1.54) is 25.3 Å². The van der Waals surface area contributed by atoms with E-state index in [0.29, 0.717) is 36.1 Å². The van der Waals surface area contributed by atoms with Gasteiger partial charge in [0.2, 0.25) is 0 Å². The molecule has 5 aliphatic rings. The molecule has 6 heterocycles. The highest BCUT2D eigenvalue weighted by atomic mass is 19.1. The van der Waals surface area contributed by atoms with Gasteiger partial charge < -0.3 is 4.74 Å². The van der Waals surface area contributed by atoms with Crippen LogP contribution < -0.4 is 11.4 Å². The standard InChI is InChI=1S/C25H33FN4O2.C5H7N3O/c1-16-4-2-5-23(26)22(16)15-32-21-11-19-7-8-20(12-21)29(19)13-17-10-18(17)14-30-25(31)28-9-3-6-24(28)27-30;9-5-7-6-4-2-1-3-8(4)5/h2,4-5,17-21H,3,6-15H2,1H3;1-3H2,(H,7,9)/t17-,18-,19?,20?,21?;/m0./s1. The normalized spacial score (nSPS) is 27.9. The summed E-state index contributed by atoms with van der Waals surface area (Å²) >= 11 is 0. The number of H-pyrrole nitrogens is 1. The molecule has 1 saturated carbocycles. The van der Waals surface area contributed by atoms with Gasteiger partial charge in [-0.15, -0.1) is 0 Å². The van der Waals surface area contributed by atoms with E-state index in [1.54, 1.807) is 15.3 Å². The molecule has 11 heteroatoms. The van der Waals surface area contributed by atoms with Gasteiger partial charge in [-0.25, -0.2) is 23.8 Å². The summed E-state index contributed by atoms with van der Waals surface area (Å²) in [5.74, 6) is 2.98. The van der Waals surface area contributed by atoms with Crippen LogP contribution in [0.5, 0.6) is 0 Å². The number of aromatic amines is 1. The Balaban J connectivity index is 0.000000260. The first kappa shape index (κ1) is 26.8. The fourth-order valence-corrected chi connectivity index (χ4v) is 7.54. The number of halogens is 1. The van der Waals surface area contributed by atoms with E-state index < -0.39 is 0 Å². The lowest BCUT2D eigenvalue weighted by Gasteiger charge is -2.39. The van der Waals surface area contributed by atoms with Crippen LogP contribution in [0.2, 0.25) is 0 Å². The van der Waals surface area contributed by atoms with Gasteiger partial charge in [-0.2, -0.15) is 10.2 Å². The first-order valence-electron chi connectivity index (χ1n) is 15.4. The first-order chi connectivity index (χ1) is 19.9. The lowest BCUT2D eigenvalue weighted by molar-refractivity contribution is -0.0305. The molecule has 4 atom stereocenters. The number of rotatable bonds is 7. The largest absolute Gasteiger partial charge is 0.373 e. The van der Waals surface area contributed by atoms with Crippen LogP contribution in [0.4, 0.5) is 4.39 Å². The number of nitrogens with one attached hydrogen (secondary N) is 1. The third-order valence-electron chi connectivity index (χ3n) is 9.98. The van der Waals surface area contributed by atoms with Crippen molar-refractivity contribution < 1.29 is 9.13 Å². The van der Waals surface area contributed by atoms with Crippen molar-refractivity contribution in [1.82, 2.24) is 34.0 Å². The third-order valence-corrected chi connectivity index (χ3v) is 9.98. The maximum absolute atomic E-state index is 14.1. The van der Waals surface area contributed by atoms with Crippen molar-refractivity contribution in [2.45, 2.75) is 109 Å². The minimum Gasteiger partial charge on any atom is -0.373 e. The van der Waals surface area contributed by atoms with Gasteiger partial charge in [0.15, 0.2) is 0 Å². The highest BCUT2D eigenvalue weighted by Crippen LogP contribution is 2.45. The quantitative estimate of drug-likeness (QED) is 0.473. The van der Waals surface area contributed by atoms with E-state index in [-0.39, 0.29) is 23.3 Å². The zero-order chi connectivity index (χ0) is 28.1. The summed E-state index contributed by atoms with van der Waals surface area (Å²) < 4.78 is 25.6. The predicted molar refractivity (Wildman–Crippen MR) is 150 cm³/mol. The molecule has 1 aliphatic carbocycles. The Hall–Kier alpha value is -3.05. The average molecular weight is 566 g/mol. The highest BCUT2D eigenvalue weighted by molar-refractivity contribution is 5.26. The second-order valence-corrected chi connectivity index (χ2v) is 12.6. The molecule has 41 heavy (non-hydrogen) atoms. The van der Waals surface area contributed by atoms with Crippen LogP contribution in [0.1, 0.15) is 67.7 Å². The van der Waals surface area contributed by atoms with Crippen LogP contribution in [0.15, 0.2) is 27.8 Å². The van der Waals surface area contributed by atoms with Gasteiger partial charge in [0.25, 0.3) is 0 Å². The number of nitrogens with zero attached hydrogens (tertiary/aromatic N) is 6. The molecule has 2 aromatic heterocycles. The van der Waals surface area contributed by atoms with Crippen LogP contribution in [-0.2, 0) is 43.8 Å². The SMILES string of the molecule is Cc1cccc(F)c1COC1CC2CCC(C1)N2C[C@@H]1C[C@H]1Cn1nc2n(c1=O)CCC2.O=c1[nH]nc2n1CCC2. The van der Waals surface area contributed by atoms with Crippen LogP contribution in [-0.4, -0.2) is 58.7 Å². The molecule has 220 valence electrons. The second-order valence-electron chi connectivity index (χ2n) is 12.6. The number of benzene rings is 1. The topological polar surface area (TPSA) is 103 Å². The zero-order valence-electron chi connectivity index (χ0n) is 23.8. The number of aromatic nitrogens is 6. The van der Waals surface area contributed by atoms with Gasteiger partial charge in [-0.05, 0) is 75.3 Å². The summed E-state index contributed by atoms with van der Waals surface area (Å²) in [6.45, 7) is 5.91. The smallest absolute Gasteiger partial charge is 0.345 e.